The number of aliphatic carboxylic acids is 1. The van der Waals surface area contributed by atoms with Crippen LogP contribution in [-0.4, -0.2) is 67.3 Å². The number of nitrogens with zero attached hydrogens (tertiary/aromatic N) is 2. The van der Waals surface area contributed by atoms with E-state index in [4.69, 9.17) is 9.47 Å². The van der Waals surface area contributed by atoms with E-state index in [0.717, 1.165) is 63.5 Å². The van der Waals surface area contributed by atoms with E-state index in [1.165, 1.54) is 11.1 Å². The molecular weight excluding hydrogens is 368 g/mol. The molecule has 2 aliphatic heterocycles. The van der Waals surface area contributed by atoms with Crippen molar-refractivity contribution in [3.05, 3.63) is 23.3 Å². The van der Waals surface area contributed by atoms with Gasteiger partial charge in [-0.3, -0.25) is 9.69 Å². The molecule has 0 radical (unpaired) electrons. The van der Waals surface area contributed by atoms with Gasteiger partial charge in [0.05, 0.1) is 14.2 Å². The molecule has 0 spiro atoms. The summed E-state index contributed by atoms with van der Waals surface area (Å²) in [6.45, 7) is 9.61. The molecule has 2 atom stereocenters. The summed E-state index contributed by atoms with van der Waals surface area (Å²) in [5, 5.41) is 9.24. The van der Waals surface area contributed by atoms with Crippen LogP contribution in [0.25, 0.3) is 0 Å². The Morgan fingerprint density at radius 2 is 1.86 bits per heavy atom. The first-order valence-electron chi connectivity index (χ1n) is 10.8. The van der Waals surface area contributed by atoms with Crippen molar-refractivity contribution in [3.63, 3.8) is 0 Å². The fourth-order valence-electron chi connectivity index (χ4n) is 5.04. The van der Waals surface area contributed by atoms with Crippen LogP contribution in [0.2, 0.25) is 0 Å². The van der Waals surface area contributed by atoms with Gasteiger partial charge in [-0.1, -0.05) is 13.8 Å². The molecule has 1 fully saturated rings. The van der Waals surface area contributed by atoms with E-state index in [2.05, 4.69) is 35.8 Å². The number of ether oxygens (including phenoxy) is 2. The zero-order valence-corrected chi connectivity index (χ0v) is 18.3. The number of hydrogen-bond donors (Lipinski definition) is 1. The maximum absolute atomic E-state index is 11.2. The van der Waals surface area contributed by atoms with Crippen LogP contribution in [0.1, 0.15) is 44.2 Å². The molecule has 0 unspecified atom stereocenters. The van der Waals surface area contributed by atoms with E-state index in [1.807, 2.05) is 0 Å². The molecule has 6 heteroatoms. The molecule has 0 aliphatic carbocycles. The van der Waals surface area contributed by atoms with Crippen LogP contribution >= 0.6 is 0 Å². The van der Waals surface area contributed by atoms with Gasteiger partial charge in [0.25, 0.3) is 0 Å². The second-order valence-corrected chi connectivity index (χ2v) is 8.90. The summed E-state index contributed by atoms with van der Waals surface area (Å²) in [7, 11) is 3.36. The minimum absolute atomic E-state index is 0.256. The molecule has 0 amide bonds. The number of carboxylic acids is 1. The number of piperidine rings is 1. The summed E-state index contributed by atoms with van der Waals surface area (Å²) in [4.78, 5) is 16.3. The summed E-state index contributed by atoms with van der Waals surface area (Å²) in [6.07, 6.45) is 3.11. The van der Waals surface area contributed by atoms with Gasteiger partial charge < -0.3 is 19.5 Å². The molecule has 0 aromatic heterocycles. The summed E-state index contributed by atoms with van der Waals surface area (Å²) in [6, 6.07) is 4.66. The van der Waals surface area contributed by atoms with Gasteiger partial charge in [-0.2, -0.15) is 0 Å². The molecule has 1 aromatic carbocycles. The van der Waals surface area contributed by atoms with Gasteiger partial charge in [-0.15, -0.1) is 0 Å². The summed E-state index contributed by atoms with van der Waals surface area (Å²) in [5.74, 6) is 1.92. The Morgan fingerprint density at radius 1 is 1.17 bits per heavy atom. The average molecular weight is 405 g/mol. The smallest absolute Gasteiger partial charge is 0.303 e. The second kappa shape index (κ2) is 9.81. The Bertz CT molecular complexity index is 706. The fraction of sp³-hybridized carbons (Fsp3) is 0.696. The van der Waals surface area contributed by atoms with Crippen molar-refractivity contribution in [2.45, 2.75) is 52.1 Å². The van der Waals surface area contributed by atoms with Gasteiger partial charge in [-0.25, -0.2) is 0 Å². The predicted octanol–water partition coefficient (Wildman–Crippen LogP) is 3.27. The highest BCUT2D eigenvalue weighted by atomic mass is 16.5. The van der Waals surface area contributed by atoms with Gasteiger partial charge in [0.2, 0.25) is 0 Å². The largest absolute Gasteiger partial charge is 0.493 e. The van der Waals surface area contributed by atoms with Gasteiger partial charge in [0, 0.05) is 38.6 Å². The minimum atomic E-state index is -0.689. The Morgan fingerprint density at radius 3 is 2.48 bits per heavy atom. The number of fused-ring (bicyclic) bond motifs is 1. The van der Waals surface area contributed by atoms with Crippen LogP contribution in [-0.2, 0) is 17.8 Å². The highest BCUT2D eigenvalue weighted by Gasteiger charge is 2.35. The van der Waals surface area contributed by atoms with E-state index >= 15 is 0 Å². The first-order chi connectivity index (χ1) is 13.9. The maximum atomic E-state index is 11.2. The highest BCUT2D eigenvalue weighted by Crippen LogP contribution is 2.36. The first kappa shape index (κ1) is 21.9. The Labute approximate surface area is 174 Å². The summed E-state index contributed by atoms with van der Waals surface area (Å²) < 4.78 is 11.0. The molecule has 1 aromatic rings. The van der Waals surface area contributed by atoms with Crippen LogP contribution in [0.3, 0.4) is 0 Å². The van der Waals surface area contributed by atoms with Crippen LogP contribution < -0.4 is 9.47 Å². The van der Waals surface area contributed by atoms with E-state index in [1.54, 1.807) is 14.2 Å². The number of methoxy groups -OCH3 is 2. The summed E-state index contributed by atoms with van der Waals surface area (Å²) in [5.41, 5.74) is 2.63. The van der Waals surface area contributed by atoms with Gasteiger partial charge in [0.15, 0.2) is 11.5 Å². The van der Waals surface area contributed by atoms with E-state index in [0.29, 0.717) is 17.9 Å². The number of benzene rings is 1. The Kier molecular flexibility index (Phi) is 7.41. The number of carbonyl (C=O) groups is 1. The number of rotatable bonds is 8. The van der Waals surface area contributed by atoms with Crippen LogP contribution in [0.15, 0.2) is 12.1 Å². The zero-order chi connectivity index (χ0) is 21.0. The maximum Gasteiger partial charge on any atom is 0.303 e. The van der Waals surface area contributed by atoms with Crippen molar-refractivity contribution in [3.8, 4) is 11.5 Å². The molecule has 162 valence electrons. The van der Waals surface area contributed by atoms with Crippen molar-refractivity contribution in [1.29, 1.82) is 0 Å². The average Bonchev–Trinajstić information content (AvgIpc) is 2.70. The van der Waals surface area contributed by atoms with E-state index in [9.17, 15) is 9.90 Å². The first-order valence-corrected chi connectivity index (χ1v) is 10.8. The lowest BCUT2D eigenvalue weighted by molar-refractivity contribution is -0.137. The third kappa shape index (κ3) is 5.43. The molecule has 3 rings (SSSR count). The third-order valence-electron chi connectivity index (χ3n) is 6.35. The van der Waals surface area contributed by atoms with Crippen molar-refractivity contribution < 1.29 is 19.4 Å². The molecule has 6 nitrogen and oxygen atoms in total. The quantitative estimate of drug-likeness (QED) is 0.718. The molecule has 2 heterocycles. The molecule has 2 aliphatic rings. The van der Waals surface area contributed by atoms with E-state index < -0.39 is 5.97 Å². The van der Waals surface area contributed by atoms with Crippen molar-refractivity contribution in [2.24, 2.45) is 11.8 Å². The van der Waals surface area contributed by atoms with Crippen molar-refractivity contribution in [1.82, 2.24) is 9.80 Å². The number of hydrogen-bond acceptors (Lipinski definition) is 5. The van der Waals surface area contributed by atoms with Crippen molar-refractivity contribution in [2.75, 3.05) is 40.4 Å². The third-order valence-corrected chi connectivity index (χ3v) is 6.35. The predicted molar refractivity (Wildman–Crippen MR) is 114 cm³/mol. The van der Waals surface area contributed by atoms with Gasteiger partial charge in [-0.05, 0) is 60.9 Å². The molecular formula is C23H36N2O4. The second-order valence-electron chi connectivity index (χ2n) is 8.90. The Balaban J connectivity index is 1.74. The van der Waals surface area contributed by atoms with Crippen LogP contribution in [0.4, 0.5) is 0 Å². The number of likely N-dealkylation sites (tertiary alicyclic amines) is 1. The SMILES string of the molecule is COc1cc2c(cc1OC)CN([C@@H]1CCN(CC(C)C)C[C@@H]1CCC(=O)O)CC2. The fourth-order valence-corrected chi connectivity index (χ4v) is 5.04. The monoisotopic (exact) mass is 404 g/mol. The lowest BCUT2D eigenvalue weighted by atomic mass is 9.85. The van der Waals surface area contributed by atoms with Crippen LogP contribution in [0.5, 0.6) is 11.5 Å². The van der Waals surface area contributed by atoms with Crippen molar-refractivity contribution >= 4 is 5.97 Å². The standard InChI is InChI=1S/C23H36N2O4/c1-16(2)13-24-9-8-20(18(14-24)5-6-23(26)27)25-10-7-17-11-21(28-3)22(29-4)12-19(17)15-25/h11-12,16,18,20H,5-10,13-15H2,1-4H3,(H,26,27)/t18-,20+/m0/s1. The van der Waals surface area contributed by atoms with Gasteiger partial charge >= 0.3 is 5.97 Å². The Hall–Kier alpha value is -1.79. The molecule has 0 bridgehead atoms. The zero-order valence-electron chi connectivity index (χ0n) is 18.3. The topological polar surface area (TPSA) is 62.2 Å². The highest BCUT2D eigenvalue weighted by molar-refractivity contribution is 5.66. The van der Waals surface area contributed by atoms with Gasteiger partial charge in [0.1, 0.15) is 0 Å². The molecule has 1 saturated heterocycles. The number of carboxylic acid groups (broad SMARTS) is 1. The molecule has 0 saturated carbocycles. The normalized spacial score (nSPS) is 23.1. The molecule has 29 heavy (non-hydrogen) atoms. The lowest BCUT2D eigenvalue weighted by Crippen LogP contribution is -2.52. The van der Waals surface area contributed by atoms with E-state index in [-0.39, 0.29) is 6.42 Å². The van der Waals surface area contributed by atoms with Crippen LogP contribution in [0, 0.1) is 11.8 Å². The molecule has 1 N–H and O–H groups in total. The lowest BCUT2D eigenvalue weighted by Gasteiger charge is -2.46. The minimum Gasteiger partial charge on any atom is -0.493 e. The summed E-state index contributed by atoms with van der Waals surface area (Å²) >= 11 is 0.